The minimum atomic E-state index is 1.13. The van der Waals surface area contributed by atoms with Crippen molar-refractivity contribution in [2.75, 3.05) is 0 Å². The number of aryl methyl sites for hydroxylation is 3. The lowest BCUT2D eigenvalue weighted by Crippen LogP contribution is -1.86. The molecular weight excluding hydrogens is 216 g/mol. The molecule has 88 valence electrons. The highest BCUT2D eigenvalue weighted by Gasteiger charge is 2.08. The first-order chi connectivity index (χ1) is 7.72. The van der Waals surface area contributed by atoms with E-state index in [4.69, 9.17) is 0 Å². The largest absolute Gasteiger partial charge is 0.294 e. The van der Waals surface area contributed by atoms with Crippen LogP contribution < -0.4 is 0 Å². The number of aromatic nitrogens is 2. The van der Waals surface area contributed by atoms with Gasteiger partial charge in [0.15, 0.2) is 4.96 Å². The predicted octanol–water partition coefficient (Wildman–Crippen LogP) is 4.14. The molecule has 2 nitrogen and oxygen atoms in total. The maximum Gasteiger partial charge on any atom is 0.194 e. The Labute approximate surface area is 101 Å². The van der Waals surface area contributed by atoms with Gasteiger partial charge in [0.25, 0.3) is 0 Å². The lowest BCUT2D eigenvalue weighted by Gasteiger charge is -1.96. The van der Waals surface area contributed by atoms with Crippen molar-refractivity contribution in [3.63, 3.8) is 0 Å². The average molecular weight is 236 g/mol. The van der Waals surface area contributed by atoms with Crippen LogP contribution in [-0.4, -0.2) is 9.38 Å². The first-order valence-corrected chi connectivity index (χ1v) is 6.98. The number of unbranched alkanes of at least 4 members (excludes halogenated alkanes) is 3. The van der Waals surface area contributed by atoms with E-state index in [1.807, 2.05) is 0 Å². The number of rotatable bonds is 5. The highest BCUT2D eigenvalue weighted by atomic mass is 32.1. The zero-order valence-electron chi connectivity index (χ0n) is 10.4. The second-order valence-corrected chi connectivity index (χ2v) is 5.62. The van der Waals surface area contributed by atoms with Gasteiger partial charge in [0, 0.05) is 16.8 Å². The molecule has 2 rings (SSSR count). The fourth-order valence-electron chi connectivity index (χ4n) is 1.96. The SMILES string of the molecule is CCCCCCc1cn2c(C)c(C)sc2n1. The maximum atomic E-state index is 4.67. The van der Waals surface area contributed by atoms with Crippen LogP contribution in [0.4, 0.5) is 0 Å². The van der Waals surface area contributed by atoms with Crippen molar-refractivity contribution in [3.05, 3.63) is 22.5 Å². The smallest absolute Gasteiger partial charge is 0.194 e. The van der Waals surface area contributed by atoms with E-state index in [0.29, 0.717) is 0 Å². The van der Waals surface area contributed by atoms with Gasteiger partial charge in [0.1, 0.15) is 0 Å². The highest BCUT2D eigenvalue weighted by Crippen LogP contribution is 2.22. The van der Waals surface area contributed by atoms with Crippen molar-refractivity contribution in [1.82, 2.24) is 9.38 Å². The van der Waals surface area contributed by atoms with Crippen molar-refractivity contribution >= 4 is 16.3 Å². The van der Waals surface area contributed by atoms with E-state index in [1.165, 1.54) is 41.9 Å². The Morgan fingerprint density at radius 3 is 2.75 bits per heavy atom. The molecule has 0 unspecified atom stereocenters. The zero-order valence-corrected chi connectivity index (χ0v) is 11.2. The molecule has 0 fully saturated rings. The van der Waals surface area contributed by atoms with Gasteiger partial charge in [-0.05, 0) is 26.7 Å². The summed E-state index contributed by atoms with van der Waals surface area (Å²) in [5.74, 6) is 0. The van der Waals surface area contributed by atoms with Crippen LogP contribution in [0.2, 0.25) is 0 Å². The number of fused-ring (bicyclic) bond motifs is 1. The van der Waals surface area contributed by atoms with Gasteiger partial charge in [-0.1, -0.05) is 26.2 Å². The third-order valence-electron chi connectivity index (χ3n) is 3.13. The summed E-state index contributed by atoms with van der Waals surface area (Å²) in [4.78, 5) is 7.20. The van der Waals surface area contributed by atoms with Crippen molar-refractivity contribution in [3.8, 4) is 0 Å². The van der Waals surface area contributed by atoms with Gasteiger partial charge in [0.05, 0.1) is 5.69 Å². The van der Waals surface area contributed by atoms with E-state index in [-0.39, 0.29) is 0 Å². The fourth-order valence-corrected chi connectivity index (χ4v) is 2.93. The number of hydrogen-bond acceptors (Lipinski definition) is 2. The van der Waals surface area contributed by atoms with Gasteiger partial charge in [-0.2, -0.15) is 0 Å². The van der Waals surface area contributed by atoms with Crippen molar-refractivity contribution < 1.29 is 0 Å². The molecule has 0 saturated heterocycles. The highest BCUT2D eigenvalue weighted by molar-refractivity contribution is 7.17. The minimum Gasteiger partial charge on any atom is -0.294 e. The van der Waals surface area contributed by atoms with Crippen LogP contribution in [0, 0.1) is 13.8 Å². The Morgan fingerprint density at radius 2 is 2.06 bits per heavy atom. The van der Waals surface area contributed by atoms with Gasteiger partial charge >= 0.3 is 0 Å². The minimum absolute atomic E-state index is 1.13. The molecule has 0 aromatic carbocycles. The second-order valence-electron chi connectivity index (χ2n) is 4.44. The van der Waals surface area contributed by atoms with Crippen molar-refractivity contribution in [2.24, 2.45) is 0 Å². The number of hydrogen-bond donors (Lipinski definition) is 0. The topological polar surface area (TPSA) is 17.3 Å². The standard InChI is InChI=1S/C13H20N2S/c1-4-5-6-7-8-12-9-15-10(2)11(3)16-13(15)14-12/h9H,4-8H2,1-3H3. The Balaban J connectivity index is 2.03. The molecule has 3 heteroatoms. The normalized spacial score (nSPS) is 11.4. The summed E-state index contributed by atoms with van der Waals surface area (Å²) in [5, 5.41) is 0. The van der Waals surface area contributed by atoms with Crippen LogP contribution in [0.25, 0.3) is 4.96 Å². The molecule has 0 atom stereocenters. The van der Waals surface area contributed by atoms with E-state index >= 15 is 0 Å². The summed E-state index contributed by atoms with van der Waals surface area (Å²) in [6, 6.07) is 0. The second kappa shape index (κ2) is 5.00. The monoisotopic (exact) mass is 236 g/mol. The molecule has 2 aromatic heterocycles. The van der Waals surface area contributed by atoms with E-state index in [9.17, 15) is 0 Å². The summed E-state index contributed by atoms with van der Waals surface area (Å²) in [7, 11) is 0. The van der Waals surface area contributed by atoms with Gasteiger partial charge in [-0.25, -0.2) is 4.98 Å². The van der Waals surface area contributed by atoms with Crippen LogP contribution in [0.5, 0.6) is 0 Å². The maximum absolute atomic E-state index is 4.67. The Morgan fingerprint density at radius 1 is 1.25 bits per heavy atom. The van der Waals surface area contributed by atoms with Crippen LogP contribution >= 0.6 is 11.3 Å². The van der Waals surface area contributed by atoms with Gasteiger partial charge in [-0.3, -0.25) is 4.40 Å². The van der Waals surface area contributed by atoms with Gasteiger partial charge < -0.3 is 0 Å². The summed E-state index contributed by atoms with van der Waals surface area (Å²) < 4.78 is 2.23. The van der Waals surface area contributed by atoms with Gasteiger partial charge in [0.2, 0.25) is 0 Å². The van der Waals surface area contributed by atoms with E-state index in [2.05, 4.69) is 36.4 Å². The third-order valence-corrected chi connectivity index (χ3v) is 4.20. The quantitative estimate of drug-likeness (QED) is 0.713. The zero-order chi connectivity index (χ0) is 11.5. The molecule has 0 N–H and O–H groups in total. The Bertz CT molecular complexity index is 467. The van der Waals surface area contributed by atoms with E-state index < -0.39 is 0 Å². The van der Waals surface area contributed by atoms with Crippen LogP contribution in [-0.2, 0) is 6.42 Å². The molecule has 0 amide bonds. The third kappa shape index (κ3) is 2.29. The van der Waals surface area contributed by atoms with Crippen LogP contribution in [0.3, 0.4) is 0 Å². The summed E-state index contributed by atoms with van der Waals surface area (Å²) >= 11 is 1.80. The van der Waals surface area contributed by atoms with Crippen molar-refractivity contribution in [2.45, 2.75) is 52.9 Å². The molecule has 0 radical (unpaired) electrons. The first kappa shape index (κ1) is 11.6. The molecular formula is C13H20N2S. The number of nitrogens with zero attached hydrogens (tertiary/aromatic N) is 2. The van der Waals surface area contributed by atoms with Gasteiger partial charge in [-0.15, -0.1) is 11.3 Å². The predicted molar refractivity (Wildman–Crippen MR) is 70.4 cm³/mol. The number of imidazole rings is 1. The molecule has 0 saturated carbocycles. The summed E-state index contributed by atoms with van der Waals surface area (Å²) in [5.41, 5.74) is 2.60. The molecule has 2 aromatic rings. The van der Waals surface area contributed by atoms with Crippen molar-refractivity contribution in [1.29, 1.82) is 0 Å². The molecule has 0 spiro atoms. The van der Waals surface area contributed by atoms with Crippen LogP contribution in [0.15, 0.2) is 6.20 Å². The molecule has 0 aliphatic carbocycles. The lowest BCUT2D eigenvalue weighted by atomic mass is 10.1. The molecule has 2 heterocycles. The van der Waals surface area contributed by atoms with E-state index in [1.54, 1.807) is 11.3 Å². The Hall–Kier alpha value is -0.830. The summed E-state index contributed by atoms with van der Waals surface area (Å²) in [6.07, 6.45) is 8.60. The molecule has 0 aliphatic rings. The summed E-state index contributed by atoms with van der Waals surface area (Å²) in [6.45, 7) is 6.58. The number of thiazole rings is 1. The first-order valence-electron chi connectivity index (χ1n) is 6.16. The fraction of sp³-hybridized carbons (Fsp3) is 0.615. The molecule has 0 bridgehead atoms. The Kier molecular flexibility index (Phi) is 3.64. The van der Waals surface area contributed by atoms with Crippen LogP contribution in [0.1, 0.15) is 48.9 Å². The average Bonchev–Trinajstić information content (AvgIpc) is 2.76. The van der Waals surface area contributed by atoms with E-state index in [0.717, 1.165) is 11.4 Å². The molecule has 0 aliphatic heterocycles. The molecule has 16 heavy (non-hydrogen) atoms. The lowest BCUT2D eigenvalue weighted by molar-refractivity contribution is 0.662.